The van der Waals surface area contributed by atoms with Gasteiger partial charge in [0.2, 0.25) is 0 Å². The first kappa shape index (κ1) is 16.1. The van der Waals surface area contributed by atoms with Gasteiger partial charge in [-0.3, -0.25) is 0 Å². The molecule has 1 heterocycles. The summed E-state index contributed by atoms with van der Waals surface area (Å²) >= 11 is 0. The van der Waals surface area contributed by atoms with Gasteiger partial charge in [-0.1, -0.05) is 24.3 Å². The van der Waals surface area contributed by atoms with Crippen molar-refractivity contribution in [2.24, 2.45) is 0 Å². The summed E-state index contributed by atoms with van der Waals surface area (Å²) in [7, 11) is 0. The Balaban J connectivity index is 1.64. The summed E-state index contributed by atoms with van der Waals surface area (Å²) in [6, 6.07) is 16.5. The minimum Gasteiger partial charge on any atom is -0.469 e. The summed E-state index contributed by atoms with van der Waals surface area (Å²) in [5, 5.41) is 3.33. The van der Waals surface area contributed by atoms with Crippen molar-refractivity contribution in [2.45, 2.75) is 20.1 Å². The van der Waals surface area contributed by atoms with Crippen LogP contribution in [-0.4, -0.2) is 6.61 Å². The molecule has 0 aliphatic heterocycles. The van der Waals surface area contributed by atoms with Gasteiger partial charge < -0.3 is 14.5 Å². The number of ether oxygens (including phenoxy) is 1. The average molecular weight is 329 g/mol. The molecule has 0 unspecified atom stereocenters. The van der Waals surface area contributed by atoms with Crippen molar-refractivity contribution in [2.75, 3.05) is 5.32 Å². The molecule has 0 saturated carbocycles. The molecule has 1 N–H and O–H groups in total. The van der Waals surface area contributed by atoms with Crippen LogP contribution >= 0.6 is 0 Å². The smallest absolute Gasteiger partial charge is 0.387 e. The third-order valence-corrected chi connectivity index (χ3v) is 3.75. The summed E-state index contributed by atoms with van der Waals surface area (Å²) in [6.45, 7) is -0.178. The highest BCUT2D eigenvalue weighted by molar-refractivity contribution is 5.66. The molecule has 0 atom stereocenters. The van der Waals surface area contributed by atoms with Gasteiger partial charge >= 0.3 is 6.61 Å². The van der Waals surface area contributed by atoms with E-state index in [1.807, 2.05) is 37.3 Å². The standard InChI is InChI=1S/C19H17F2NO2/c1-13-16(10-11-23-13)12-22-17-6-2-14(3-7-17)15-4-8-18(9-5-15)24-19(20)21/h2-11,19,22H,12H2,1H3. The number of aryl methyl sites for hydroxylation is 1. The van der Waals surface area contributed by atoms with Crippen LogP contribution in [0.2, 0.25) is 0 Å². The van der Waals surface area contributed by atoms with E-state index in [1.165, 1.54) is 12.1 Å². The molecular weight excluding hydrogens is 312 g/mol. The number of benzene rings is 2. The summed E-state index contributed by atoms with van der Waals surface area (Å²) in [4.78, 5) is 0. The van der Waals surface area contributed by atoms with Crippen LogP contribution in [0.4, 0.5) is 14.5 Å². The molecule has 0 fully saturated rings. The molecule has 0 aliphatic rings. The first-order valence-electron chi connectivity index (χ1n) is 7.54. The Hall–Kier alpha value is -2.82. The summed E-state index contributed by atoms with van der Waals surface area (Å²) in [5.74, 6) is 1.06. The lowest BCUT2D eigenvalue weighted by Gasteiger charge is -2.08. The zero-order valence-corrected chi connectivity index (χ0v) is 13.1. The van der Waals surface area contributed by atoms with Gasteiger partial charge in [-0.15, -0.1) is 0 Å². The zero-order valence-electron chi connectivity index (χ0n) is 13.1. The second kappa shape index (κ2) is 7.17. The highest BCUT2D eigenvalue weighted by Crippen LogP contribution is 2.25. The van der Waals surface area contributed by atoms with Gasteiger partial charge in [0.1, 0.15) is 11.5 Å². The predicted molar refractivity (Wildman–Crippen MR) is 89.3 cm³/mol. The van der Waals surface area contributed by atoms with Gasteiger partial charge in [-0.25, -0.2) is 0 Å². The molecule has 1 aromatic heterocycles. The van der Waals surface area contributed by atoms with Crippen LogP contribution in [0.15, 0.2) is 65.3 Å². The molecule has 5 heteroatoms. The second-order valence-electron chi connectivity index (χ2n) is 5.34. The van der Waals surface area contributed by atoms with E-state index in [0.29, 0.717) is 6.54 Å². The Kier molecular flexibility index (Phi) is 4.79. The minimum atomic E-state index is -2.81. The summed E-state index contributed by atoms with van der Waals surface area (Å²) in [6.07, 6.45) is 1.68. The highest BCUT2D eigenvalue weighted by Gasteiger charge is 2.05. The van der Waals surface area contributed by atoms with Crippen LogP contribution in [0.3, 0.4) is 0 Å². The molecule has 3 rings (SSSR count). The SMILES string of the molecule is Cc1occc1CNc1ccc(-c2ccc(OC(F)F)cc2)cc1. The Morgan fingerprint density at radius 1 is 0.958 bits per heavy atom. The van der Waals surface area contributed by atoms with E-state index in [1.54, 1.807) is 18.4 Å². The second-order valence-corrected chi connectivity index (χ2v) is 5.34. The number of nitrogens with one attached hydrogen (secondary N) is 1. The topological polar surface area (TPSA) is 34.4 Å². The highest BCUT2D eigenvalue weighted by atomic mass is 19.3. The molecule has 0 bridgehead atoms. The number of hydrogen-bond donors (Lipinski definition) is 1. The van der Waals surface area contributed by atoms with E-state index in [2.05, 4.69) is 10.1 Å². The Labute approximate surface area is 138 Å². The lowest BCUT2D eigenvalue weighted by Crippen LogP contribution is -2.01. The number of alkyl halides is 2. The third kappa shape index (κ3) is 3.93. The van der Waals surface area contributed by atoms with Crippen molar-refractivity contribution in [3.63, 3.8) is 0 Å². The van der Waals surface area contributed by atoms with E-state index < -0.39 is 6.61 Å². The maximum atomic E-state index is 12.2. The number of anilines is 1. The van der Waals surface area contributed by atoms with E-state index in [4.69, 9.17) is 4.42 Å². The van der Waals surface area contributed by atoms with Crippen LogP contribution in [-0.2, 0) is 6.54 Å². The van der Waals surface area contributed by atoms with Gasteiger partial charge in [-0.05, 0) is 48.4 Å². The largest absolute Gasteiger partial charge is 0.469 e. The maximum absolute atomic E-state index is 12.2. The van der Waals surface area contributed by atoms with E-state index >= 15 is 0 Å². The van der Waals surface area contributed by atoms with Crippen molar-refractivity contribution in [3.05, 3.63) is 72.2 Å². The molecule has 3 aromatic rings. The fourth-order valence-electron chi connectivity index (χ4n) is 2.40. The van der Waals surface area contributed by atoms with Crippen LogP contribution in [0.5, 0.6) is 5.75 Å². The van der Waals surface area contributed by atoms with Gasteiger partial charge in [0.15, 0.2) is 0 Å². The first-order valence-corrected chi connectivity index (χ1v) is 7.54. The molecule has 124 valence electrons. The molecule has 3 nitrogen and oxygen atoms in total. The van der Waals surface area contributed by atoms with Gasteiger partial charge in [0.05, 0.1) is 6.26 Å². The summed E-state index contributed by atoms with van der Waals surface area (Å²) in [5.41, 5.74) is 4.06. The molecule has 0 aliphatic carbocycles. The quantitative estimate of drug-likeness (QED) is 0.651. The molecule has 2 aromatic carbocycles. The van der Waals surface area contributed by atoms with Gasteiger partial charge in [0.25, 0.3) is 0 Å². The Morgan fingerprint density at radius 2 is 1.58 bits per heavy atom. The average Bonchev–Trinajstić information content (AvgIpc) is 2.99. The van der Waals surface area contributed by atoms with Crippen molar-refractivity contribution < 1.29 is 17.9 Å². The molecule has 0 saturated heterocycles. The van der Waals surface area contributed by atoms with Crippen molar-refractivity contribution in [1.82, 2.24) is 0 Å². The molecule has 0 amide bonds. The van der Waals surface area contributed by atoms with Crippen LogP contribution in [0, 0.1) is 6.92 Å². The predicted octanol–water partition coefficient (Wildman–Crippen LogP) is 5.47. The van der Waals surface area contributed by atoms with E-state index in [0.717, 1.165) is 28.1 Å². The monoisotopic (exact) mass is 329 g/mol. The van der Waals surface area contributed by atoms with E-state index in [9.17, 15) is 8.78 Å². The molecular formula is C19H17F2NO2. The number of furan rings is 1. The van der Waals surface area contributed by atoms with Crippen molar-refractivity contribution in [1.29, 1.82) is 0 Å². The number of halogens is 2. The third-order valence-electron chi connectivity index (χ3n) is 3.75. The van der Waals surface area contributed by atoms with Crippen LogP contribution in [0.25, 0.3) is 11.1 Å². The minimum absolute atomic E-state index is 0.155. The summed E-state index contributed by atoms with van der Waals surface area (Å²) < 4.78 is 33.9. The lowest BCUT2D eigenvalue weighted by atomic mass is 10.1. The van der Waals surface area contributed by atoms with Crippen molar-refractivity contribution >= 4 is 5.69 Å². The molecule has 24 heavy (non-hydrogen) atoms. The van der Waals surface area contributed by atoms with E-state index in [-0.39, 0.29) is 5.75 Å². The van der Waals surface area contributed by atoms with Crippen LogP contribution < -0.4 is 10.1 Å². The molecule has 0 spiro atoms. The zero-order chi connectivity index (χ0) is 16.9. The van der Waals surface area contributed by atoms with Crippen LogP contribution in [0.1, 0.15) is 11.3 Å². The maximum Gasteiger partial charge on any atom is 0.387 e. The van der Waals surface area contributed by atoms with Gasteiger partial charge in [0, 0.05) is 17.8 Å². The fourth-order valence-corrected chi connectivity index (χ4v) is 2.40. The number of hydrogen-bond acceptors (Lipinski definition) is 3. The first-order chi connectivity index (χ1) is 11.6. The van der Waals surface area contributed by atoms with Crippen molar-refractivity contribution in [3.8, 4) is 16.9 Å². The van der Waals surface area contributed by atoms with Gasteiger partial charge in [-0.2, -0.15) is 8.78 Å². The molecule has 0 radical (unpaired) electrons. The fraction of sp³-hybridized carbons (Fsp3) is 0.158. The lowest BCUT2D eigenvalue weighted by molar-refractivity contribution is -0.0498. The Morgan fingerprint density at radius 3 is 2.12 bits per heavy atom. The Bertz CT molecular complexity index is 780. The number of rotatable bonds is 6. The normalized spacial score (nSPS) is 10.8.